The second-order valence-corrected chi connectivity index (χ2v) is 7.17. The van der Waals surface area contributed by atoms with Crippen LogP contribution in [0.25, 0.3) is 6.08 Å². The van der Waals surface area contributed by atoms with Gasteiger partial charge in [0.15, 0.2) is 11.0 Å². The van der Waals surface area contributed by atoms with Gasteiger partial charge in [0, 0.05) is 31.9 Å². The monoisotopic (exact) mass is 342 g/mol. The van der Waals surface area contributed by atoms with E-state index in [1.165, 1.54) is 24.9 Å². The molecule has 0 aliphatic carbocycles. The molecular formula is C19H26N4S. The SMILES string of the molecule is CCN(CC)c1ccc(/C=C2\SC(N3CCCCC3)=NC2=N)cc1. The maximum atomic E-state index is 8.16. The number of amidine groups is 2. The number of nitrogens with zero attached hydrogens (tertiary/aromatic N) is 3. The lowest BCUT2D eigenvalue weighted by Crippen LogP contribution is -2.33. The van der Waals surface area contributed by atoms with Crippen molar-refractivity contribution in [2.45, 2.75) is 33.1 Å². The number of piperidine rings is 1. The van der Waals surface area contributed by atoms with Crippen LogP contribution >= 0.6 is 11.8 Å². The molecule has 2 heterocycles. The van der Waals surface area contributed by atoms with E-state index in [1.807, 2.05) is 0 Å². The summed E-state index contributed by atoms with van der Waals surface area (Å²) in [6.45, 7) is 8.54. The molecular weight excluding hydrogens is 316 g/mol. The first-order chi connectivity index (χ1) is 11.7. The predicted molar refractivity (Wildman–Crippen MR) is 106 cm³/mol. The highest BCUT2D eigenvalue weighted by Crippen LogP contribution is 2.31. The van der Waals surface area contributed by atoms with Crippen LogP contribution in [0, 0.1) is 5.41 Å². The Morgan fingerprint density at radius 2 is 1.79 bits per heavy atom. The number of benzene rings is 1. The minimum absolute atomic E-state index is 0.397. The number of hydrogen-bond donors (Lipinski definition) is 1. The third-order valence-corrected chi connectivity index (χ3v) is 5.65. The average molecular weight is 343 g/mol. The predicted octanol–water partition coefficient (Wildman–Crippen LogP) is 4.44. The van der Waals surface area contributed by atoms with E-state index < -0.39 is 0 Å². The summed E-state index contributed by atoms with van der Waals surface area (Å²) in [6, 6.07) is 8.59. The molecule has 4 nitrogen and oxygen atoms in total. The van der Waals surface area contributed by atoms with Gasteiger partial charge in [0.05, 0.1) is 4.91 Å². The van der Waals surface area contributed by atoms with Crippen molar-refractivity contribution >= 4 is 34.5 Å². The van der Waals surface area contributed by atoms with Crippen molar-refractivity contribution in [2.75, 3.05) is 31.1 Å². The normalized spacial score (nSPS) is 19.8. The molecule has 0 aromatic heterocycles. The van der Waals surface area contributed by atoms with E-state index in [4.69, 9.17) is 5.41 Å². The summed E-state index contributed by atoms with van der Waals surface area (Å²) in [7, 11) is 0. The third-order valence-electron chi connectivity index (χ3n) is 4.59. The summed E-state index contributed by atoms with van der Waals surface area (Å²) < 4.78 is 0. The molecule has 128 valence electrons. The molecule has 0 atom stereocenters. The molecule has 0 spiro atoms. The molecule has 1 aromatic carbocycles. The standard InChI is InChI=1S/C19H26N4S/c1-3-22(4-2)16-10-8-15(9-11-16)14-17-18(20)21-19(24-17)23-12-6-5-7-13-23/h8-11,14,20H,3-7,12-13H2,1-2H3/b17-14-,20-18?. The molecule has 2 aliphatic rings. The van der Waals surface area contributed by atoms with Crippen molar-refractivity contribution in [3.63, 3.8) is 0 Å². The van der Waals surface area contributed by atoms with Crippen LogP contribution in [0.4, 0.5) is 5.69 Å². The second kappa shape index (κ2) is 7.88. The van der Waals surface area contributed by atoms with Crippen molar-refractivity contribution in [2.24, 2.45) is 4.99 Å². The summed E-state index contributed by atoms with van der Waals surface area (Å²) in [6.07, 6.45) is 5.87. The smallest absolute Gasteiger partial charge is 0.171 e. The third kappa shape index (κ3) is 3.83. The molecule has 1 fully saturated rings. The summed E-state index contributed by atoms with van der Waals surface area (Å²) in [5.41, 5.74) is 2.38. The zero-order chi connectivity index (χ0) is 16.9. The van der Waals surface area contributed by atoms with E-state index in [-0.39, 0.29) is 0 Å². The lowest BCUT2D eigenvalue weighted by atomic mass is 10.1. The molecule has 1 N–H and O–H groups in total. The van der Waals surface area contributed by atoms with E-state index in [0.29, 0.717) is 5.84 Å². The van der Waals surface area contributed by atoms with Gasteiger partial charge in [-0.15, -0.1) is 0 Å². The first-order valence-electron chi connectivity index (χ1n) is 8.88. The quantitative estimate of drug-likeness (QED) is 0.879. The van der Waals surface area contributed by atoms with Crippen LogP contribution in [0.2, 0.25) is 0 Å². The second-order valence-electron chi connectivity index (χ2n) is 6.17. The zero-order valence-corrected chi connectivity index (χ0v) is 15.4. The number of aliphatic imine (C=N–C) groups is 1. The van der Waals surface area contributed by atoms with Gasteiger partial charge < -0.3 is 9.80 Å². The Kier molecular flexibility index (Phi) is 5.61. The van der Waals surface area contributed by atoms with E-state index in [1.54, 1.807) is 11.8 Å². The number of nitrogens with one attached hydrogen (secondary N) is 1. The summed E-state index contributed by atoms with van der Waals surface area (Å²) in [5.74, 6) is 0.397. The van der Waals surface area contributed by atoms with Crippen LogP contribution in [0.3, 0.4) is 0 Å². The first-order valence-corrected chi connectivity index (χ1v) is 9.70. The van der Waals surface area contributed by atoms with E-state index in [9.17, 15) is 0 Å². The maximum Gasteiger partial charge on any atom is 0.171 e. The van der Waals surface area contributed by atoms with Crippen LogP contribution in [0.15, 0.2) is 34.2 Å². The summed E-state index contributed by atoms with van der Waals surface area (Å²) in [4.78, 5) is 10.1. The Bertz CT molecular complexity index is 638. The summed E-state index contributed by atoms with van der Waals surface area (Å²) in [5, 5.41) is 9.17. The highest BCUT2D eigenvalue weighted by molar-refractivity contribution is 8.18. The fraction of sp³-hybridized carbons (Fsp3) is 0.474. The number of rotatable bonds is 4. The molecule has 2 aliphatic heterocycles. The van der Waals surface area contributed by atoms with E-state index in [0.717, 1.165) is 41.8 Å². The van der Waals surface area contributed by atoms with E-state index in [2.05, 4.69) is 59.0 Å². The van der Waals surface area contributed by atoms with Crippen molar-refractivity contribution in [3.05, 3.63) is 34.7 Å². The van der Waals surface area contributed by atoms with Crippen molar-refractivity contribution < 1.29 is 0 Å². The Morgan fingerprint density at radius 1 is 1.12 bits per heavy atom. The highest BCUT2D eigenvalue weighted by atomic mass is 32.2. The van der Waals surface area contributed by atoms with Gasteiger partial charge in [-0.25, -0.2) is 4.99 Å². The van der Waals surface area contributed by atoms with Crippen LogP contribution in [0.1, 0.15) is 38.7 Å². The minimum atomic E-state index is 0.397. The molecule has 1 aromatic rings. The topological polar surface area (TPSA) is 42.7 Å². The molecule has 24 heavy (non-hydrogen) atoms. The molecule has 0 amide bonds. The molecule has 0 radical (unpaired) electrons. The van der Waals surface area contributed by atoms with Crippen molar-refractivity contribution in [3.8, 4) is 0 Å². The Hall–Kier alpha value is -1.75. The molecule has 3 rings (SSSR count). The molecule has 1 saturated heterocycles. The fourth-order valence-electron chi connectivity index (χ4n) is 3.16. The number of hydrogen-bond acceptors (Lipinski definition) is 4. The van der Waals surface area contributed by atoms with Crippen LogP contribution in [-0.2, 0) is 0 Å². The van der Waals surface area contributed by atoms with Gasteiger partial charge in [0.1, 0.15) is 0 Å². The maximum absolute atomic E-state index is 8.16. The highest BCUT2D eigenvalue weighted by Gasteiger charge is 2.24. The Balaban J connectivity index is 1.69. The lowest BCUT2D eigenvalue weighted by molar-refractivity contribution is 0.348. The van der Waals surface area contributed by atoms with Crippen LogP contribution < -0.4 is 4.90 Å². The zero-order valence-electron chi connectivity index (χ0n) is 14.6. The first kappa shape index (κ1) is 17.1. The molecule has 0 saturated carbocycles. The van der Waals surface area contributed by atoms with E-state index >= 15 is 0 Å². The number of thioether (sulfide) groups is 1. The van der Waals surface area contributed by atoms with Gasteiger partial charge in [0.25, 0.3) is 0 Å². The van der Waals surface area contributed by atoms with Crippen LogP contribution in [0.5, 0.6) is 0 Å². The van der Waals surface area contributed by atoms with Gasteiger partial charge >= 0.3 is 0 Å². The molecule has 5 heteroatoms. The largest absolute Gasteiger partial charge is 0.372 e. The lowest BCUT2D eigenvalue weighted by Gasteiger charge is -2.27. The molecule has 0 unspecified atom stereocenters. The van der Waals surface area contributed by atoms with Gasteiger partial charge in [-0.2, -0.15) is 0 Å². The number of likely N-dealkylation sites (tertiary alicyclic amines) is 1. The van der Waals surface area contributed by atoms with Crippen molar-refractivity contribution in [1.82, 2.24) is 4.90 Å². The molecule has 0 bridgehead atoms. The van der Waals surface area contributed by atoms with Gasteiger partial charge in [-0.1, -0.05) is 12.1 Å². The van der Waals surface area contributed by atoms with Gasteiger partial charge in [-0.05, 0) is 68.6 Å². The number of anilines is 1. The minimum Gasteiger partial charge on any atom is -0.372 e. The van der Waals surface area contributed by atoms with Gasteiger partial charge in [-0.3, -0.25) is 5.41 Å². The van der Waals surface area contributed by atoms with Crippen molar-refractivity contribution in [1.29, 1.82) is 5.41 Å². The fourth-order valence-corrected chi connectivity index (χ4v) is 4.14. The average Bonchev–Trinajstić information content (AvgIpc) is 2.99. The Labute approximate surface area is 149 Å². The van der Waals surface area contributed by atoms with Gasteiger partial charge in [0.2, 0.25) is 0 Å². The summed E-state index contributed by atoms with van der Waals surface area (Å²) >= 11 is 1.64. The Morgan fingerprint density at radius 3 is 2.42 bits per heavy atom. The van der Waals surface area contributed by atoms with Crippen LogP contribution in [-0.4, -0.2) is 42.1 Å².